The van der Waals surface area contributed by atoms with E-state index < -0.39 is 0 Å². The molecule has 1 aliphatic heterocycles. The van der Waals surface area contributed by atoms with Crippen LogP contribution < -0.4 is 0 Å². The monoisotopic (exact) mass is 361 g/mol. The molecule has 0 saturated carbocycles. The number of aryl methyl sites for hydroxylation is 2. The Morgan fingerprint density at radius 2 is 2.00 bits per heavy atom. The van der Waals surface area contributed by atoms with Crippen LogP contribution in [0.4, 0.5) is 0 Å². The van der Waals surface area contributed by atoms with Gasteiger partial charge in [-0.3, -0.25) is 9.89 Å². The number of aromatic amines is 1. The number of hydrogen-bond acceptors (Lipinski definition) is 4. The van der Waals surface area contributed by atoms with E-state index in [4.69, 9.17) is 0 Å². The third kappa shape index (κ3) is 3.47. The van der Waals surface area contributed by atoms with Gasteiger partial charge in [-0.1, -0.05) is 29.8 Å². The molecule has 1 amide bonds. The first kappa shape index (κ1) is 17.4. The van der Waals surface area contributed by atoms with E-state index in [0.717, 1.165) is 41.9 Å². The second kappa shape index (κ2) is 7.31. The lowest BCUT2D eigenvalue weighted by molar-refractivity contribution is 0.0704. The molecule has 6 nitrogen and oxygen atoms in total. The van der Waals surface area contributed by atoms with Gasteiger partial charge in [0.2, 0.25) is 0 Å². The van der Waals surface area contributed by atoms with Gasteiger partial charge in [-0.05, 0) is 32.3 Å². The lowest BCUT2D eigenvalue weighted by atomic mass is 9.90. The molecular weight excluding hydrogens is 338 g/mol. The molecule has 0 unspecified atom stereocenters. The number of carbonyl (C=O) groups excluding carboxylic acids is 1. The van der Waals surface area contributed by atoms with Crippen LogP contribution in [-0.4, -0.2) is 44.1 Å². The second-order valence-corrected chi connectivity index (χ2v) is 7.18. The number of nitrogens with zero attached hydrogens (tertiary/aromatic N) is 4. The summed E-state index contributed by atoms with van der Waals surface area (Å²) in [4.78, 5) is 23.0. The summed E-state index contributed by atoms with van der Waals surface area (Å²) in [5.41, 5.74) is 5.92. The highest BCUT2D eigenvalue weighted by atomic mass is 16.2. The van der Waals surface area contributed by atoms with Crippen LogP contribution in [0.25, 0.3) is 11.1 Å². The van der Waals surface area contributed by atoms with Crippen molar-refractivity contribution in [2.45, 2.75) is 32.6 Å². The number of benzene rings is 1. The largest absolute Gasteiger partial charge is 0.338 e. The number of nitrogens with one attached hydrogen (secondary N) is 1. The van der Waals surface area contributed by atoms with Gasteiger partial charge in [0.25, 0.3) is 5.91 Å². The van der Waals surface area contributed by atoms with E-state index >= 15 is 0 Å². The molecule has 2 aromatic heterocycles. The van der Waals surface area contributed by atoms with Gasteiger partial charge in [-0.25, -0.2) is 9.97 Å². The fourth-order valence-electron chi connectivity index (χ4n) is 3.74. The Balaban J connectivity index is 1.58. The Kier molecular flexibility index (Phi) is 4.71. The molecule has 6 heteroatoms. The molecule has 0 bridgehead atoms. The van der Waals surface area contributed by atoms with Crippen LogP contribution in [0, 0.1) is 13.8 Å². The number of hydrogen-bond donors (Lipinski definition) is 1. The molecule has 1 aromatic carbocycles. The van der Waals surface area contributed by atoms with Crippen LogP contribution in [0.5, 0.6) is 0 Å². The van der Waals surface area contributed by atoms with Crippen molar-refractivity contribution in [2.24, 2.45) is 0 Å². The zero-order valence-corrected chi connectivity index (χ0v) is 15.6. The van der Waals surface area contributed by atoms with Crippen LogP contribution >= 0.6 is 0 Å². The quantitative estimate of drug-likeness (QED) is 0.775. The highest BCUT2D eigenvalue weighted by Gasteiger charge is 2.29. The van der Waals surface area contributed by atoms with Gasteiger partial charge in [0, 0.05) is 36.5 Å². The maximum Gasteiger partial charge on any atom is 0.257 e. The van der Waals surface area contributed by atoms with Crippen molar-refractivity contribution < 1.29 is 4.79 Å². The molecule has 1 atom stereocenters. The number of aromatic nitrogens is 4. The van der Waals surface area contributed by atoms with E-state index in [1.807, 2.05) is 18.0 Å². The minimum Gasteiger partial charge on any atom is -0.338 e. The molecule has 1 N–H and O–H groups in total. The number of likely N-dealkylation sites (tertiary alicyclic amines) is 1. The molecule has 0 spiro atoms. The topological polar surface area (TPSA) is 74.8 Å². The lowest BCUT2D eigenvalue weighted by Crippen LogP contribution is -2.39. The van der Waals surface area contributed by atoms with Gasteiger partial charge in [-0.15, -0.1) is 0 Å². The van der Waals surface area contributed by atoms with Crippen molar-refractivity contribution in [1.29, 1.82) is 0 Å². The third-order valence-electron chi connectivity index (χ3n) is 5.29. The minimum atomic E-state index is 0.00852. The minimum absolute atomic E-state index is 0.00852. The van der Waals surface area contributed by atoms with Gasteiger partial charge in [0.05, 0.1) is 17.5 Å². The van der Waals surface area contributed by atoms with Crippen molar-refractivity contribution in [2.75, 3.05) is 13.1 Å². The van der Waals surface area contributed by atoms with Crippen molar-refractivity contribution in [3.8, 4) is 11.1 Å². The highest BCUT2D eigenvalue weighted by molar-refractivity contribution is 5.95. The first-order chi connectivity index (χ1) is 13.1. The molecule has 3 aromatic rings. The van der Waals surface area contributed by atoms with Crippen molar-refractivity contribution in [3.63, 3.8) is 0 Å². The fraction of sp³-hybridized carbons (Fsp3) is 0.333. The van der Waals surface area contributed by atoms with E-state index in [-0.39, 0.29) is 11.8 Å². The number of H-pyrrole nitrogens is 1. The van der Waals surface area contributed by atoms with E-state index in [1.54, 1.807) is 6.20 Å². The molecule has 1 fully saturated rings. The van der Waals surface area contributed by atoms with E-state index in [2.05, 4.69) is 51.4 Å². The SMILES string of the molecule is Cc1ccc(-c2cn[nH]c2[C@@H]2CCCN(C(=O)c3cncnc3C)C2)cc1. The normalized spacial score (nSPS) is 17.1. The zero-order valence-electron chi connectivity index (χ0n) is 15.6. The Hall–Kier alpha value is -3.02. The average molecular weight is 361 g/mol. The van der Waals surface area contributed by atoms with Crippen LogP contribution in [0.3, 0.4) is 0 Å². The summed E-state index contributed by atoms with van der Waals surface area (Å²) in [6, 6.07) is 8.47. The molecule has 138 valence electrons. The molecule has 27 heavy (non-hydrogen) atoms. The van der Waals surface area contributed by atoms with E-state index in [1.165, 1.54) is 11.9 Å². The molecule has 1 saturated heterocycles. The predicted molar refractivity (Wildman–Crippen MR) is 103 cm³/mol. The van der Waals surface area contributed by atoms with Crippen LogP contribution in [0.2, 0.25) is 0 Å². The van der Waals surface area contributed by atoms with Crippen LogP contribution in [0.1, 0.15) is 46.1 Å². The molecule has 3 heterocycles. The van der Waals surface area contributed by atoms with Gasteiger partial charge < -0.3 is 4.90 Å². The number of piperidine rings is 1. The maximum atomic E-state index is 12.9. The van der Waals surface area contributed by atoms with Gasteiger partial charge in [0.1, 0.15) is 6.33 Å². The number of rotatable bonds is 3. The lowest BCUT2D eigenvalue weighted by Gasteiger charge is -2.33. The van der Waals surface area contributed by atoms with Crippen molar-refractivity contribution >= 4 is 5.91 Å². The summed E-state index contributed by atoms with van der Waals surface area (Å²) in [6.07, 6.45) is 6.98. The second-order valence-electron chi connectivity index (χ2n) is 7.18. The molecule has 4 rings (SSSR count). The molecular formula is C21H23N5O. The Labute approximate surface area is 158 Å². The summed E-state index contributed by atoms with van der Waals surface area (Å²) in [5, 5.41) is 7.48. The zero-order chi connectivity index (χ0) is 18.8. The Bertz CT molecular complexity index is 947. The van der Waals surface area contributed by atoms with Gasteiger partial charge in [-0.2, -0.15) is 5.10 Å². The molecule has 0 aliphatic carbocycles. The number of carbonyl (C=O) groups is 1. The highest BCUT2D eigenvalue weighted by Crippen LogP contribution is 2.33. The smallest absolute Gasteiger partial charge is 0.257 e. The summed E-state index contributed by atoms with van der Waals surface area (Å²) in [7, 11) is 0. The molecule has 0 radical (unpaired) electrons. The third-order valence-corrected chi connectivity index (χ3v) is 5.29. The van der Waals surface area contributed by atoms with E-state index in [9.17, 15) is 4.79 Å². The molecule has 1 aliphatic rings. The summed E-state index contributed by atoms with van der Waals surface area (Å²) in [6.45, 7) is 5.37. The summed E-state index contributed by atoms with van der Waals surface area (Å²) < 4.78 is 0. The standard InChI is InChI=1S/C21H23N5O/c1-14-5-7-16(8-6-14)19-11-24-25-20(19)17-4-3-9-26(12-17)21(27)18-10-22-13-23-15(18)2/h5-8,10-11,13,17H,3-4,9,12H2,1-2H3,(H,24,25)/t17-/m1/s1. The average Bonchev–Trinajstić information content (AvgIpc) is 3.18. The summed E-state index contributed by atoms with van der Waals surface area (Å²) in [5.74, 6) is 0.251. The van der Waals surface area contributed by atoms with Crippen molar-refractivity contribution in [3.05, 3.63) is 65.5 Å². The van der Waals surface area contributed by atoms with Gasteiger partial charge in [0.15, 0.2) is 0 Å². The van der Waals surface area contributed by atoms with Gasteiger partial charge >= 0.3 is 0 Å². The Morgan fingerprint density at radius 1 is 1.19 bits per heavy atom. The van der Waals surface area contributed by atoms with Crippen LogP contribution in [-0.2, 0) is 0 Å². The Morgan fingerprint density at radius 3 is 2.78 bits per heavy atom. The predicted octanol–water partition coefficient (Wildman–Crippen LogP) is 3.50. The first-order valence-corrected chi connectivity index (χ1v) is 9.29. The van der Waals surface area contributed by atoms with Crippen molar-refractivity contribution in [1.82, 2.24) is 25.1 Å². The first-order valence-electron chi connectivity index (χ1n) is 9.29. The van der Waals surface area contributed by atoms with Crippen LogP contribution in [0.15, 0.2) is 43.0 Å². The summed E-state index contributed by atoms with van der Waals surface area (Å²) >= 11 is 0. The number of amides is 1. The maximum absolute atomic E-state index is 12.9. The van der Waals surface area contributed by atoms with E-state index in [0.29, 0.717) is 12.1 Å². The fourth-order valence-corrected chi connectivity index (χ4v) is 3.74.